The Kier molecular flexibility index (Phi) is 5.67. The van der Waals surface area contributed by atoms with Gasteiger partial charge < -0.3 is 25.8 Å². The molecule has 0 saturated carbocycles. The van der Waals surface area contributed by atoms with Crippen LogP contribution in [0.1, 0.15) is 5.56 Å². The fraction of sp³-hybridized carbons (Fsp3) is 0.222. The van der Waals surface area contributed by atoms with Crippen molar-refractivity contribution >= 4 is 5.97 Å². The molecule has 76 valence electrons. The third-order valence-corrected chi connectivity index (χ3v) is 1.80. The van der Waals surface area contributed by atoms with Crippen LogP contribution in [-0.4, -0.2) is 22.2 Å². The molecule has 0 amide bonds. The number of carbonyl (C=O) groups excluding carboxylic acids is 1. The number of hydrogen-bond donors (Lipinski definition) is 3. The van der Waals surface area contributed by atoms with Crippen LogP contribution in [0.5, 0.6) is 11.5 Å². The molecule has 0 radical (unpaired) electrons. The van der Waals surface area contributed by atoms with Crippen LogP contribution in [0, 0.1) is 0 Å². The SMILES string of the molecule is N[C@@H](Cc1ccc(O)c(O)c1)C(=O)[O-].[Na+]. The minimum Gasteiger partial charge on any atom is -0.548 e. The van der Waals surface area contributed by atoms with E-state index in [2.05, 4.69) is 0 Å². The molecule has 1 atom stereocenters. The van der Waals surface area contributed by atoms with Crippen molar-refractivity contribution in [2.75, 3.05) is 0 Å². The molecule has 0 unspecified atom stereocenters. The van der Waals surface area contributed by atoms with E-state index in [9.17, 15) is 9.90 Å². The van der Waals surface area contributed by atoms with Gasteiger partial charge in [-0.15, -0.1) is 0 Å². The average Bonchev–Trinajstić information content (AvgIpc) is 2.11. The van der Waals surface area contributed by atoms with Gasteiger partial charge in [-0.05, 0) is 24.1 Å². The van der Waals surface area contributed by atoms with Gasteiger partial charge in [0, 0.05) is 6.04 Å². The molecule has 1 aromatic carbocycles. The fourth-order valence-corrected chi connectivity index (χ4v) is 1.03. The molecule has 0 aliphatic rings. The topological polar surface area (TPSA) is 107 Å². The van der Waals surface area contributed by atoms with Gasteiger partial charge in [0.05, 0.1) is 5.97 Å². The van der Waals surface area contributed by atoms with Crippen molar-refractivity contribution in [1.29, 1.82) is 0 Å². The van der Waals surface area contributed by atoms with Gasteiger partial charge in [0.15, 0.2) is 11.5 Å². The number of carboxylic acids is 1. The molecule has 0 aliphatic heterocycles. The average molecular weight is 219 g/mol. The molecule has 0 fully saturated rings. The molecular weight excluding hydrogens is 209 g/mol. The molecule has 1 aromatic rings. The third-order valence-electron chi connectivity index (χ3n) is 1.80. The predicted molar refractivity (Wildman–Crippen MR) is 46.5 cm³/mol. The second-order valence-electron chi connectivity index (χ2n) is 2.95. The van der Waals surface area contributed by atoms with Crippen LogP contribution in [-0.2, 0) is 11.2 Å². The number of phenols is 2. The molecule has 0 bridgehead atoms. The molecule has 5 nitrogen and oxygen atoms in total. The Morgan fingerprint density at radius 1 is 1.40 bits per heavy atom. The summed E-state index contributed by atoms with van der Waals surface area (Å²) in [5.41, 5.74) is 5.76. The number of phenolic OH excluding ortho intramolecular Hbond substituents is 2. The predicted octanol–water partition coefficient (Wildman–Crippen LogP) is -4.28. The smallest absolute Gasteiger partial charge is 0.548 e. The third kappa shape index (κ3) is 4.09. The first-order chi connectivity index (χ1) is 6.50. The second-order valence-corrected chi connectivity index (χ2v) is 2.95. The minimum absolute atomic E-state index is 0. The first kappa shape index (κ1) is 14.2. The number of carboxylic acid groups (broad SMARTS) is 1. The number of aliphatic carboxylic acids is 1. The van der Waals surface area contributed by atoms with Crippen LogP contribution in [0.15, 0.2) is 18.2 Å². The summed E-state index contributed by atoms with van der Waals surface area (Å²) in [7, 11) is 0. The molecule has 0 heterocycles. The summed E-state index contributed by atoms with van der Waals surface area (Å²) in [6.45, 7) is 0. The Hall–Kier alpha value is -0.750. The molecule has 6 heteroatoms. The van der Waals surface area contributed by atoms with Crippen molar-refractivity contribution in [3.8, 4) is 11.5 Å². The molecule has 15 heavy (non-hydrogen) atoms. The van der Waals surface area contributed by atoms with Crippen molar-refractivity contribution in [3.05, 3.63) is 23.8 Å². The van der Waals surface area contributed by atoms with Crippen LogP contribution < -0.4 is 40.4 Å². The Balaban J connectivity index is 0.00000196. The largest absolute Gasteiger partial charge is 1.00 e. The van der Waals surface area contributed by atoms with E-state index in [0.717, 1.165) is 0 Å². The number of aromatic hydroxyl groups is 2. The quantitative estimate of drug-likeness (QED) is 0.352. The maximum atomic E-state index is 10.3. The van der Waals surface area contributed by atoms with E-state index in [1.807, 2.05) is 0 Å². The van der Waals surface area contributed by atoms with Crippen LogP contribution in [0.3, 0.4) is 0 Å². The van der Waals surface area contributed by atoms with Crippen molar-refractivity contribution in [2.24, 2.45) is 5.73 Å². The van der Waals surface area contributed by atoms with E-state index in [1.54, 1.807) is 0 Å². The molecule has 0 spiro atoms. The summed E-state index contributed by atoms with van der Waals surface area (Å²) in [6, 6.07) is 2.90. The Labute approximate surface area is 109 Å². The first-order valence-corrected chi connectivity index (χ1v) is 3.98. The molecular formula is C9H10NNaO4. The second kappa shape index (κ2) is 5.97. The van der Waals surface area contributed by atoms with Gasteiger partial charge >= 0.3 is 29.6 Å². The molecule has 0 aromatic heterocycles. The summed E-state index contributed by atoms with van der Waals surface area (Å²) in [5, 5.41) is 28.4. The van der Waals surface area contributed by atoms with Crippen LogP contribution in [0.25, 0.3) is 0 Å². The Morgan fingerprint density at radius 2 is 2.00 bits per heavy atom. The summed E-state index contributed by atoms with van der Waals surface area (Å²) in [6.07, 6.45) is 0.0518. The maximum Gasteiger partial charge on any atom is 1.00 e. The number of nitrogens with two attached hydrogens (primary N) is 1. The fourth-order valence-electron chi connectivity index (χ4n) is 1.03. The van der Waals surface area contributed by atoms with Gasteiger partial charge in [-0.3, -0.25) is 0 Å². The maximum absolute atomic E-state index is 10.3. The van der Waals surface area contributed by atoms with Gasteiger partial charge in [0.25, 0.3) is 0 Å². The van der Waals surface area contributed by atoms with Gasteiger partial charge in [0.1, 0.15) is 0 Å². The van der Waals surface area contributed by atoms with Crippen molar-refractivity contribution in [2.45, 2.75) is 12.5 Å². The van der Waals surface area contributed by atoms with Crippen molar-refractivity contribution in [1.82, 2.24) is 0 Å². The Bertz CT molecular complexity index is 356. The number of hydrogen-bond acceptors (Lipinski definition) is 5. The molecule has 1 rings (SSSR count). The van der Waals surface area contributed by atoms with E-state index in [1.165, 1.54) is 18.2 Å². The zero-order chi connectivity index (χ0) is 10.7. The van der Waals surface area contributed by atoms with Crippen LogP contribution in [0.4, 0.5) is 0 Å². The van der Waals surface area contributed by atoms with Gasteiger partial charge in [-0.2, -0.15) is 0 Å². The summed E-state index contributed by atoms with van der Waals surface area (Å²) >= 11 is 0. The van der Waals surface area contributed by atoms with E-state index >= 15 is 0 Å². The van der Waals surface area contributed by atoms with Gasteiger partial charge in [-0.25, -0.2) is 0 Å². The first-order valence-electron chi connectivity index (χ1n) is 3.98. The summed E-state index contributed by atoms with van der Waals surface area (Å²) in [5.74, 6) is -1.90. The molecule has 0 saturated heterocycles. The van der Waals surface area contributed by atoms with E-state index in [0.29, 0.717) is 5.56 Å². The van der Waals surface area contributed by atoms with E-state index in [4.69, 9.17) is 15.9 Å². The van der Waals surface area contributed by atoms with E-state index < -0.39 is 12.0 Å². The van der Waals surface area contributed by atoms with Crippen LogP contribution in [0.2, 0.25) is 0 Å². The summed E-state index contributed by atoms with van der Waals surface area (Å²) in [4.78, 5) is 10.3. The van der Waals surface area contributed by atoms with Crippen molar-refractivity contribution in [3.63, 3.8) is 0 Å². The summed E-state index contributed by atoms with van der Waals surface area (Å²) < 4.78 is 0. The van der Waals surface area contributed by atoms with E-state index in [-0.39, 0.29) is 47.5 Å². The number of benzene rings is 1. The van der Waals surface area contributed by atoms with Crippen molar-refractivity contribution < 1.29 is 49.7 Å². The molecule has 4 N–H and O–H groups in total. The standard InChI is InChI=1S/C9H11NO4.Na/c10-6(9(13)14)3-5-1-2-7(11)8(12)4-5;/h1-2,4,6,11-12H,3,10H2,(H,13,14);/q;+1/p-1/t6-;/m0./s1. The van der Waals surface area contributed by atoms with Crippen LogP contribution >= 0.6 is 0 Å². The number of rotatable bonds is 3. The Morgan fingerprint density at radius 3 is 2.47 bits per heavy atom. The normalized spacial score (nSPS) is 11.5. The molecule has 0 aliphatic carbocycles. The zero-order valence-corrected chi connectivity index (χ0v) is 10.3. The van der Waals surface area contributed by atoms with Gasteiger partial charge in [0.2, 0.25) is 0 Å². The van der Waals surface area contributed by atoms with Gasteiger partial charge in [-0.1, -0.05) is 6.07 Å². The number of carbonyl (C=O) groups is 1. The zero-order valence-electron chi connectivity index (χ0n) is 8.30. The monoisotopic (exact) mass is 219 g/mol. The minimum atomic E-state index is -1.35.